The van der Waals surface area contributed by atoms with Crippen LogP contribution < -0.4 is 14.4 Å². The number of ether oxygens (including phenoxy) is 1. The first kappa shape index (κ1) is 24.3. The highest BCUT2D eigenvalue weighted by atomic mass is 35.5. The van der Waals surface area contributed by atoms with E-state index in [0.717, 1.165) is 9.87 Å². The van der Waals surface area contributed by atoms with Crippen LogP contribution in [-0.2, 0) is 16.6 Å². The molecular formula is C27H23ClN2O4S. The Bertz CT molecular complexity index is 1390. The minimum absolute atomic E-state index is 0.127. The molecule has 0 atom stereocenters. The van der Waals surface area contributed by atoms with E-state index in [0.29, 0.717) is 34.3 Å². The SMILES string of the molecule is CN(c1ccc(C(=O)Nc2ccc(OCc3ccccc3)cc2)cc1)S(=O)(=O)c1ccc(Cl)cc1. The zero-order valence-electron chi connectivity index (χ0n) is 18.9. The Labute approximate surface area is 209 Å². The first-order chi connectivity index (χ1) is 16.8. The molecule has 4 rings (SSSR count). The van der Waals surface area contributed by atoms with Gasteiger partial charge in [-0.15, -0.1) is 0 Å². The number of nitrogens with one attached hydrogen (secondary N) is 1. The Morgan fingerprint density at radius 1 is 0.857 bits per heavy atom. The standard InChI is InChI=1S/C27H23ClN2O4S/c1-30(35(32,33)26-17-9-22(28)10-18-26)24-13-7-21(8-14-24)27(31)29-23-11-15-25(16-12-23)34-19-20-5-3-2-4-6-20/h2-18H,19H2,1H3,(H,29,31). The normalized spacial score (nSPS) is 11.0. The third-order valence-corrected chi connectivity index (χ3v) is 7.38. The van der Waals surface area contributed by atoms with E-state index in [9.17, 15) is 13.2 Å². The fourth-order valence-electron chi connectivity index (χ4n) is 3.30. The molecule has 35 heavy (non-hydrogen) atoms. The summed E-state index contributed by atoms with van der Waals surface area (Å²) in [6.45, 7) is 0.459. The van der Waals surface area contributed by atoms with Crippen molar-refractivity contribution in [2.24, 2.45) is 0 Å². The van der Waals surface area contributed by atoms with Crippen molar-refractivity contribution in [2.45, 2.75) is 11.5 Å². The quantitative estimate of drug-likeness (QED) is 0.318. The smallest absolute Gasteiger partial charge is 0.264 e. The summed E-state index contributed by atoms with van der Waals surface area (Å²) in [6, 6.07) is 29.2. The molecule has 0 spiro atoms. The lowest BCUT2D eigenvalue weighted by Gasteiger charge is -2.20. The number of carbonyl (C=O) groups excluding carboxylic acids is 1. The van der Waals surface area contributed by atoms with Gasteiger partial charge in [0.25, 0.3) is 15.9 Å². The van der Waals surface area contributed by atoms with Gasteiger partial charge in [0.2, 0.25) is 0 Å². The van der Waals surface area contributed by atoms with Gasteiger partial charge >= 0.3 is 0 Å². The number of hydrogen-bond acceptors (Lipinski definition) is 4. The lowest BCUT2D eigenvalue weighted by atomic mass is 10.2. The Hall–Kier alpha value is -3.81. The molecule has 0 saturated heterocycles. The van der Waals surface area contributed by atoms with Gasteiger partial charge in [-0.1, -0.05) is 41.9 Å². The van der Waals surface area contributed by atoms with Crippen LogP contribution in [0, 0.1) is 0 Å². The van der Waals surface area contributed by atoms with Crippen molar-refractivity contribution < 1.29 is 17.9 Å². The Morgan fingerprint density at radius 2 is 1.49 bits per heavy atom. The summed E-state index contributed by atoms with van der Waals surface area (Å²) >= 11 is 5.86. The number of carbonyl (C=O) groups is 1. The highest BCUT2D eigenvalue weighted by molar-refractivity contribution is 7.92. The predicted octanol–water partition coefficient (Wildman–Crippen LogP) is 6.00. The summed E-state index contributed by atoms with van der Waals surface area (Å²) in [5, 5.41) is 3.29. The van der Waals surface area contributed by atoms with Crippen molar-refractivity contribution in [2.75, 3.05) is 16.7 Å². The fraction of sp³-hybridized carbons (Fsp3) is 0.0741. The molecule has 0 saturated carbocycles. The minimum atomic E-state index is -3.75. The lowest BCUT2D eigenvalue weighted by Crippen LogP contribution is -2.26. The van der Waals surface area contributed by atoms with Gasteiger partial charge in [-0.05, 0) is 78.4 Å². The van der Waals surface area contributed by atoms with E-state index in [1.54, 1.807) is 48.5 Å². The van der Waals surface area contributed by atoms with E-state index >= 15 is 0 Å². The summed E-state index contributed by atoms with van der Waals surface area (Å²) < 4.78 is 32.6. The maximum atomic E-state index is 12.9. The van der Waals surface area contributed by atoms with Gasteiger partial charge in [0.05, 0.1) is 10.6 Å². The molecule has 0 aliphatic heterocycles. The molecule has 178 valence electrons. The average molecular weight is 507 g/mol. The van der Waals surface area contributed by atoms with Crippen LogP contribution in [0.2, 0.25) is 5.02 Å². The molecule has 8 heteroatoms. The third-order valence-electron chi connectivity index (χ3n) is 5.33. The van der Waals surface area contributed by atoms with E-state index in [1.807, 2.05) is 30.3 Å². The number of hydrogen-bond donors (Lipinski definition) is 1. The second-order valence-electron chi connectivity index (χ2n) is 7.73. The van der Waals surface area contributed by atoms with Crippen LogP contribution in [0.25, 0.3) is 0 Å². The molecular weight excluding hydrogens is 484 g/mol. The molecule has 4 aromatic rings. The zero-order valence-corrected chi connectivity index (χ0v) is 20.5. The molecule has 1 amide bonds. The van der Waals surface area contributed by atoms with Gasteiger partial charge in [0.1, 0.15) is 12.4 Å². The predicted molar refractivity (Wildman–Crippen MR) is 139 cm³/mol. The van der Waals surface area contributed by atoms with E-state index in [4.69, 9.17) is 16.3 Å². The molecule has 0 unspecified atom stereocenters. The van der Waals surface area contributed by atoms with E-state index in [1.165, 1.54) is 31.3 Å². The molecule has 0 aliphatic rings. The van der Waals surface area contributed by atoms with Gasteiger partial charge in [-0.25, -0.2) is 8.42 Å². The summed E-state index contributed by atoms with van der Waals surface area (Å²) in [4.78, 5) is 12.8. The molecule has 0 aromatic heterocycles. The zero-order chi connectivity index (χ0) is 24.8. The molecule has 6 nitrogen and oxygen atoms in total. The maximum absolute atomic E-state index is 12.9. The van der Waals surface area contributed by atoms with Gasteiger partial charge in [0.15, 0.2) is 0 Å². The lowest BCUT2D eigenvalue weighted by molar-refractivity contribution is 0.102. The molecule has 1 N–H and O–H groups in total. The second kappa shape index (κ2) is 10.6. The molecule has 0 fully saturated rings. The number of benzene rings is 4. The Kier molecular flexibility index (Phi) is 7.39. The van der Waals surface area contributed by atoms with Gasteiger partial charge < -0.3 is 10.1 Å². The first-order valence-electron chi connectivity index (χ1n) is 10.8. The van der Waals surface area contributed by atoms with Crippen LogP contribution in [0.15, 0.2) is 108 Å². The number of amides is 1. The van der Waals surface area contributed by atoms with Gasteiger partial charge in [-0.3, -0.25) is 9.10 Å². The number of sulfonamides is 1. The highest BCUT2D eigenvalue weighted by Gasteiger charge is 2.21. The molecule has 0 aliphatic carbocycles. The maximum Gasteiger partial charge on any atom is 0.264 e. The summed E-state index contributed by atoms with van der Waals surface area (Å²) in [5.41, 5.74) is 2.51. The molecule has 0 heterocycles. The van der Waals surface area contributed by atoms with E-state index in [-0.39, 0.29) is 10.8 Å². The van der Waals surface area contributed by atoms with Crippen molar-refractivity contribution in [1.29, 1.82) is 0 Å². The van der Waals surface area contributed by atoms with Crippen LogP contribution in [-0.4, -0.2) is 21.4 Å². The van der Waals surface area contributed by atoms with Gasteiger partial charge in [0, 0.05) is 23.3 Å². The van der Waals surface area contributed by atoms with Crippen molar-refractivity contribution in [3.8, 4) is 5.75 Å². The molecule has 0 bridgehead atoms. The Morgan fingerprint density at radius 3 is 2.11 bits per heavy atom. The van der Waals surface area contributed by atoms with Crippen LogP contribution in [0.5, 0.6) is 5.75 Å². The van der Waals surface area contributed by atoms with Crippen LogP contribution in [0.3, 0.4) is 0 Å². The van der Waals surface area contributed by atoms with E-state index in [2.05, 4.69) is 5.32 Å². The topological polar surface area (TPSA) is 75.7 Å². The summed E-state index contributed by atoms with van der Waals surface area (Å²) in [5.74, 6) is 0.388. The van der Waals surface area contributed by atoms with Crippen molar-refractivity contribution in [3.05, 3.63) is 119 Å². The number of nitrogens with zero attached hydrogens (tertiary/aromatic N) is 1. The average Bonchev–Trinajstić information content (AvgIpc) is 2.89. The summed E-state index contributed by atoms with van der Waals surface area (Å²) in [7, 11) is -2.30. The second-order valence-corrected chi connectivity index (χ2v) is 10.1. The monoisotopic (exact) mass is 506 g/mol. The van der Waals surface area contributed by atoms with Crippen LogP contribution in [0.4, 0.5) is 11.4 Å². The number of anilines is 2. The van der Waals surface area contributed by atoms with Crippen molar-refractivity contribution >= 4 is 38.9 Å². The summed E-state index contributed by atoms with van der Waals surface area (Å²) in [6.07, 6.45) is 0. The first-order valence-corrected chi connectivity index (χ1v) is 12.6. The highest BCUT2D eigenvalue weighted by Crippen LogP contribution is 2.24. The number of halogens is 1. The largest absolute Gasteiger partial charge is 0.489 e. The van der Waals surface area contributed by atoms with Crippen molar-refractivity contribution in [1.82, 2.24) is 0 Å². The van der Waals surface area contributed by atoms with Crippen LogP contribution in [0.1, 0.15) is 15.9 Å². The third kappa shape index (κ3) is 6.01. The van der Waals surface area contributed by atoms with Crippen LogP contribution >= 0.6 is 11.6 Å². The fourth-order valence-corrected chi connectivity index (χ4v) is 4.63. The number of rotatable bonds is 8. The van der Waals surface area contributed by atoms with Gasteiger partial charge in [-0.2, -0.15) is 0 Å². The molecule has 4 aromatic carbocycles. The van der Waals surface area contributed by atoms with E-state index < -0.39 is 10.0 Å². The molecule has 0 radical (unpaired) electrons. The minimum Gasteiger partial charge on any atom is -0.489 e. The Balaban J connectivity index is 1.37. The van der Waals surface area contributed by atoms with Crippen molar-refractivity contribution in [3.63, 3.8) is 0 Å².